The second-order valence-corrected chi connectivity index (χ2v) is 5.47. The highest BCUT2D eigenvalue weighted by Crippen LogP contribution is 2.20. The maximum absolute atomic E-state index is 12.0. The van der Waals surface area contributed by atoms with Crippen LogP contribution < -0.4 is 10.7 Å². The maximum atomic E-state index is 12.0. The molecule has 2 rings (SSSR count). The monoisotopic (exact) mass is 261 g/mol. The van der Waals surface area contributed by atoms with Crippen molar-refractivity contribution in [2.45, 2.75) is 52.1 Å². The van der Waals surface area contributed by atoms with Gasteiger partial charge in [-0.2, -0.15) is 0 Å². The van der Waals surface area contributed by atoms with E-state index in [1.807, 2.05) is 31.2 Å². The molecule has 2 unspecified atom stereocenters. The fraction of sp³-hybridized carbons (Fsp3) is 0.533. The fourth-order valence-electron chi connectivity index (χ4n) is 2.55. The first-order valence-corrected chi connectivity index (χ1v) is 6.99. The van der Waals surface area contributed by atoms with Crippen molar-refractivity contribution in [2.75, 3.05) is 5.32 Å². The van der Waals surface area contributed by atoms with Crippen molar-refractivity contribution in [3.05, 3.63) is 29.8 Å². The van der Waals surface area contributed by atoms with Gasteiger partial charge in [-0.1, -0.05) is 24.1 Å². The second kappa shape index (κ2) is 6.06. The summed E-state index contributed by atoms with van der Waals surface area (Å²) in [6, 6.07) is 8.43. The van der Waals surface area contributed by atoms with Crippen LogP contribution in [-0.2, 0) is 0 Å². The highest BCUT2D eigenvalue weighted by atomic mass is 16.2. The number of hydrogen-bond acceptors (Lipinski definition) is 2. The summed E-state index contributed by atoms with van der Waals surface area (Å²) < 4.78 is 0. The molecular weight excluding hydrogens is 238 g/mol. The van der Waals surface area contributed by atoms with Crippen LogP contribution in [-0.4, -0.2) is 23.1 Å². The predicted octanol–water partition coefficient (Wildman–Crippen LogP) is 3.29. The van der Waals surface area contributed by atoms with Gasteiger partial charge in [0.05, 0.1) is 0 Å². The van der Waals surface area contributed by atoms with Gasteiger partial charge < -0.3 is 5.32 Å². The van der Waals surface area contributed by atoms with E-state index in [0.29, 0.717) is 12.1 Å². The Balaban J connectivity index is 1.91. The average Bonchev–Trinajstić information content (AvgIpc) is 2.37. The smallest absolute Gasteiger partial charge is 0.307 e. The Labute approximate surface area is 115 Å². The SMILES string of the molecule is Cc1ccc(NC(=O)NN2C(C)CCCC2C)cc1. The third-order valence-electron chi connectivity index (χ3n) is 3.73. The first kappa shape index (κ1) is 13.9. The summed E-state index contributed by atoms with van der Waals surface area (Å²) in [5.74, 6) is 0. The van der Waals surface area contributed by atoms with Gasteiger partial charge in [0, 0.05) is 17.8 Å². The van der Waals surface area contributed by atoms with Crippen molar-refractivity contribution in [2.24, 2.45) is 0 Å². The Morgan fingerprint density at radius 3 is 2.32 bits per heavy atom. The molecule has 4 heteroatoms. The number of hydrazine groups is 1. The van der Waals surface area contributed by atoms with Crippen molar-refractivity contribution >= 4 is 11.7 Å². The minimum Gasteiger partial charge on any atom is -0.307 e. The van der Waals surface area contributed by atoms with Crippen LogP contribution in [0.25, 0.3) is 0 Å². The molecule has 0 radical (unpaired) electrons. The van der Waals surface area contributed by atoms with Gasteiger partial charge in [0.1, 0.15) is 0 Å². The molecule has 2 atom stereocenters. The molecule has 104 valence electrons. The molecule has 1 aromatic rings. The molecule has 1 heterocycles. The Hall–Kier alpha value is -1.55. The van der Waals surface area contributed by atoms with Crippen LogP contribution in [0.15, 0.2) is 24.3 Å². The van der Waals surface area contributed by atoms with E-state index < -0.39 is 0 Å². The van der Waals surface area contributed by atoms with E-state index in [2.05, 4.69) is 29.6 Å². The standard InChI is InChI=1S/C15H23N3O/c1-11-7-9-14(10-8-11)16-15(19)17-18-12(2)5-4-6-13(18)3/h7-10,12-13H,4-6H2,1-3H3,(H2,16,17,19). The number of amides is 2. The van der Waals surface area contributed by atoms with Crippen molar-refractivity contribution in [3.63, 3.8) is 0 Å². The summed E-state index contributed by atoms with van der Waals surface area (Å²) >= 11 is 0. The largest absolute Gasteiger partial charge is 0.333 e. The first-order valence-electron chi connectivity index (χ1n) is 6.99. The highest BCUT2D eigenvalue weighted by molar-refractivity contribution is 5.88. The van der Waals surface area contributed by atoms with Crippen molar-refractivity contribution in [3.8, 4) is 0 Å². The molecule has 4 nitrogen and oxygen atoms in total. The quantitative estimate of drug-likeness (QED) is 0.858. The lowest BCUT2D eigenvalue weighted by Gasteiger charge is -2.38. The number of urea groups is 1. The molecule has 0 spiro atoms. The first-order chi connectivity index (χ1) is 9.06. The maximum Gasteiger partial charge on any atom is 0.333 e. The van der Waals surface area contributed by atoms with E-state index in [0.717, 1.165) is 18.5 Å². The van der Waals surface area contributed by atoms with Gasteiger partial charge in [-0.25, -0.2) is 9.80 Å². The molecule has 19 heavy (non-hydrogen) atoms. The minimum atomic E-state index is -0.163. The molecule has 0 aliphatic carbocycles. The van der Waals surface area contributed by atoms with Crippen LogP contribution in [0.1, 0.15) is 38.7 Å². The van der Waals surface area contributed by atoms with Crippen LogP contribution in [0.5, 0.6) is 0 Å². The Bertz CT molecular complexity index is 420. The number of nitrogens with zero attached hydrogens (tertiary/aromatic N) is 1. The zero-order chi connectivity index (χ0) is 13.8. The summed E-state index contributed by atoms with van der Waals surface area (Å²) in [4.78, 5) is 12.0. The van der Waals surface area contributed by atoms with Gasteiger partial charge in [0.2, 0.25) is 0 Å². The Morgan fingerprint density at radius 2 is 1.74 bits per heavy atom. The molecule has 2 amide bonds. The van der Waals surface area contributed by atoms with Crippen molar-refractivity contribution in [1.29, 1.82) is 0 Å². The number of carbonyl (C=O) groups excluding carboxylic acids is 1. The number of aryl methyl sites for hydroxylation is 1. The molecule has 0 bridgehead atoms. The molecule has 1 fully saturated rings. The highest BCUT2D eigenvalue weighted by Gasteiger charge is 2.25. The van der Waals surface area contributed by atoms with Gasteiger partial charge in [-0.15, -0.1) is 0 Å². The topological polar surface area (TPSA) is 44.4 Å². The number of nitrogens with one attached hydrogen (secondary N) is 2. The van der Waals surface area contributed by atoms with Crippen molar-refractivity contribution in [1.82, 2.24) is 10.4 Å². The Kier molecular flexibility index (Phi) is 4.43. The van der Waals surface area contributed by atoms with Crippen molar-refractivity contribution < 1.29 is 4.79 Å². The van der Waals surface area contributed by atoms with Crippen LogP contribution in [0.3, 0.4) is 0 Å². The van der Waals surface area contributed by atoms with E-state index >= 15 is 0 Å². The molecule has 2 N–H and O–H groups in total. The number of anilines is 1. The number of rotatable bonds is 2. The summed E-state index contributed by atoms with van der Waals surface area (Å²) in [5, 5.41) is 4.93. The molecule has 1 aromatic carbocycles. The van der Waals surface area contributed by atoms with Crippen LogP contribution in [0.2, 0.25) is 0 Å². The zero-order valence-electron chi connectivity index (χ0n) is 11.9. The zero-order valence-corrected chi connectivity index (χ0v) is 11.9. The molecular formula is C15H23N3O. The van der Waals surface area contributed by atoms with E-state index in [4.69, 9.17) is 0 Å². The summed E-state index contributed by atoms with van der Waals surface area (Å²) in [6.07, 6.45) is 3.50. The van der Waals surface area contributed by atoms with Gasteiger partial charge in [0.15, 0.2) is 0 Å². The van der Waals surface area contributed by atoms with Crippen LogP contribution in [0.4, 0.5) is 10.5 Å². The third-order valence-corrected chi connectivity index (χ3v) is 3.73. The van der Waals surface area contributed by atoms with Crippen LogP contribution >= 0.6 is 0 Å². The van der Waals surface area contributed by atoms with Gasteiger partial charge in [0.25, 0.3) is 0 Å². The van der Waals surface area contributed by atoms with E-state index in [-0.39, 0.29) is 6.03 Å². The van der Waals surface area contributed by atoms with E-state index in [9.17, 15) is 4.79 Å². The number of benzene rings is 1. The fourth-order valence-corrected chi connectivity index (χ4v) is 2.55. The minimum absolute atomic E-state index is 0.163. The summed E-state index contributed by atoms with van der Waals surface area (Å²) in [7, 11) is 0. The van der Waals surface area contributed by atoms with E-state index in [1.54, 1.807) is 0 Å². The number of carbonyl (C=O) groups is 1. The number of piperidine rings is 1. The van der Waals surface area contributed by atoms with Gasteiger partial charge >= 0.3 is 6.03 Å². The third kappa shape index (κ3) is 3.70. The van der Waals surface area contributed by atoms with Gasteiger partial charge in [-0.3, -0.25) is 5.43 Å². The Morgan fingerprint density at radius 1 is 1.16 bits per heavy atom. The predicted molar refractivity (Wildman–Crippen MR) is 77.9 cm³/mol. The van der Waals surface area contributed by atoms with Gasteiger partial charge in [-0.05, 0) is 45.7 Å². The lowest BCUT2D eigenvalue weighted by atomic mass is 10.00. The molecule has 1 aliphatic rings. The lowest BCUT2D eigenvalue weighted by Crippen LogP contribution is -2.55. The second-order valence-electron chi connectivity index (χ2n) is 5.47. The normalized spacial score (nSPS) is 23.9. The molecule has 1 saturated heterocycles. The number of hydrogen-bond donors (Lipinski definition) is 2. The lowest BCUT2D eigenvalue weighted by molar-refractivity contribution is 0.0625. The van der Waals surface area contributed by atoms with Crippen LogP contribution in [0, 0.1) is 6.92 Å². The molecule has 0 aromatic heterocycles. The molecule has 1 aliphatic heterocycles. The summed E-state index contributed by atoms with van der Waals surface area (Å²) in [6.45, 7) is 6.34. The van der Waals surface area contributed by atoms with E-state index in [1.165, 1.54) is 12.0 Å². The molecule has 0 saturated carbocycles. The summed E-state index contributed by atoms with van der Waals surface area (Å²) in [5.41, 5.74) is 4.97. The average molecular weight is 261 g/mol.